The summed E-state index contributed by atoms with van der Waals surface area (Å²) in [4.78, 5) is 8.97. The Labute approximate surface area is 183 Å². The molecule has 0 amide bonds. The molecule has 0 saturated heterocycles. The molecule has 1 aromatic carbocycles. The minimum absolute atomic E-state index is 0.144. The van der Waals surface area contributed by atoms with Gasteiger partial charge in [-0.2, -0.15) is 4.98 Å². The number of anilines is 2. The first-order valence-corrected chi connectivity index (χ1v) is 10.9. The van der Waals surface area contributed by atoms with Crippen LogP contribution < -0.4 is 10.6 Å². The third-order valence-electron chi connectivity index (χ3n) is 6.41. The lowest BCUT2D eigenvalue weighted by atomic mass is 9.73. The second-order valence-electron chi connectivity index (χ2n) is 9.14. The molecule has 1 saturated carbocycles. The van der Waals surface area contributed by atoms with Gasteiger partial charge in [-0.05, 0) is 66.4 Å². The van der Waals surface area contributed by atoms with E-state index >= 15 is 0 Å². The van der Waals surface area contributed by atoms with Crippen molar-refractivity contribution in [2.75, 3.05) is 17.2 Å². The number of halogens is 1. The molecule has 1 aromatic heterocycles. The van der Waals surface area contributed by atoms with E-state index in [2.05, 4.69) is 46.4 Å². The average molecular weight is 421 g/mol. The van der Waals surface area contributed by atoms with Crippen molar-refractivity contribution >= 4 is 17.3 Å². The number of nitrogens with zero attached hydrogens (tertiary/aromatic N) is 2. The predicted molar refractivity (Wildman–Crippen MR) is 122 cm³/mol. The molecular formula is C25H29FN4O. The molecule has 3 N–H and O–H groups in total. The SMILES string of the molecule is C#Cc1cnc(NCCC2=CCc3cc(F)ccc32)nc1N[C@@H]1CC[C@H](O)C(C)(C)C1. The van der Waals surface area contributed by atoms with Crippen LogP contribution in [0.4, 0.5) is 16.2 Å². The number of benzene rings is 1. The van der Waals surface area contributed by atoms with Crippen molar-refractivity contribution < 1.29 is 9.50 Å². The van der Waals surface area contributed by atoms with Crippen molar-refractivity contribution in [1.82, 2.24) is 9.97 Å². The van der Waals surface area contributed by atoms with Crippen molar-refractivity contribution in [2.45, 2.75) is 58.1 Å². The maximum atomic E-state index is 13.4. The Bertz CT molecular complexity index is 1040. The zero-order chi connectivity index (χ0) is 22.0. The number of aliphatic hydroxyl groups excluding tert-OH is 1. The Morgan fingerprint density at radius 2 is 2.16 bits per heavy atom. The molecule has 162 valence electrons. The molecule has 0 aliphatic heterocycles. The highest BCUT2D eigenvalue weighted by molar-refractivity contribution is 5.73. The van der Waals surface area contributed by atoms with Gasteiger partial charge in [0.2, 0.25) is 5.95 Å². The van der Waals surface area contributed by atoms with Crippen molar-refractivity contribution in [3.63, 3.8) is 0 Å². The van der Waals surface area contributed by atoms with E-state index in [-0.39, 0.29) is 23.4 Å². The van der Waals surface area contributed by atoms with Crippen LogP contribution in [0.2, 0.25) is 0 Å². The molecule has 4 rings (SSSR count). The second-order valence-corrected chi connectivity index (χ2v) is 9.14. The number of aromatic nitrogens is 2. The van der Waals surface area contributed by atoms with Crippen molar-refractivity contribution in [3.8, 4) is 12.3 Å². The van der Waals surface area contributed by atoms with E-state index < -0.39 is 0 Å². The first-order valence-electron chi connectivity index (χ1n) is 10.9. The van der Waals surface area contributed by atoms with Gasteiger partial charge >= 0.3 is 0 Å². The van der Waals surface area contributed by atoms with Gasteiger partial charge in [-0.25, -0.2) is 9.37 Å². The monoisotopic (exact) mass is 420 g/mol. The lowest BCUT2D eigenvalue weighted by Crippen LogP contribution is -2.41. The van der Waals surface area contributed by atoms with Crippen LogP contribution in [0, 0.1) is 23.6 Å². The van der Waals surface area contributed by atoms with Crippen LogP contribution in [0.5, 0.6) is 0 Å². The summed E-state index contributed by atoms with van der Waals surface area (Å²) in [6, 6.07) is 5.18. The molecule has 6 heteroatoms. The van der Waals surface area contributed by atoms with Gasteiger partial charge in [-0.3, -0.25) is 0 Å². The van der Waals surface area contributed by atoms with Crippen LogP contribution in [0.1, 0.15) is 56.2 Å². The van der Waals surface area contributed by atoms with E-state index in [1.165, 1.54) is 11.6 Å². The number of allylic oxidation sites excluding steroid dienone is 1. The number of fused-ring (bicyclic) bond motifs is 1. The molecule has 1 fully saturated rings. The van der Waals surface area contributed by atoms with E-state index in [9.17, 15) is 9.50 Å². The number of aliphatic hydroxyl groups is 1. The minimum atomic E-state index is -0.285. The lowest BCUT2D eigenvalue weighted by Gasteiger charge is -2.40. The second kappa shape index (κ2) is 8.68. The molecule has 0 unspecified atom stereocenters. The van der Waals surface area contributed by atoms with E-state index in [1.54, 1.807) is 12.3 Å². The van der Waals surface area contributed by atoms with Crippen LogP contribution in [0.3, 0.4) is 0 Å². The summed E-state index contributed by atoms with van der Waals surface area (Å²) in [5.41, 5.74) is 3.86. The largest absolute Gasteiger partial charge is 0.393 e. The Kier molecular flexibility index (Phi) is 5.97. The summed E-state index contributed by atoms with van der Waals surface area (Å²) in [5.74, 6) is 3.64. The normalized spacial score (nSPS) is 21.7. The van der Waals surface area contributed by atoms with Crippen LogP contribution in [-0.4, -0.2) is 33.8 Å². The number of terminal acetylenes is 1. The fraction of sp³-hybridized carbons (Fsp3) is 0.440. The molecule has 5 nitrogen and oxygen atoms in total. The van der Waals surface area contributed by atoms with Crippen molar-refractivity contribution in [1.29, 1.82) is 0 Å². The van der Waals surface area contributed by atoms with Gasteiger partial charge in [0.1, 0.15) is 11.6 Å². The molecule has 1 heterocycles. The fourth-order valence-corrected chi connectivity index (χ4v) is 4.56. The molecule has 2 atom stereocenters. The highest BCUT2D eigenvalue weighted by Crippen LogP contribution is 2.37. The number of nitrogens with one attached hydrogen (secondary N) is 2. The zero-order valence-electron chi connectivity index (χ0n) is 18.1. The third kappa shape index (κ3) is 4.72. The number of hydrogen-bond donors (Lipinski definition) is 3. The number of rotatable bonds is 6. The van der Waals surface area contributed by atoms with Crippen LogP contribution in [-0.2, 0) is 6.42 Å². The third-order valence-corrected chi connectivity index (χ3v) is 6.41. The summed E-state index contributed by atoms with van der Waals surface area (Å²) < 4.78 is 13.4. The molecule has 31 heavy (non-hydrogen) atoms. The average Bonchev–Trinajstić information content (AvgIpc) is 3.13. The lowest BCUT2D eigenvalue weighted by molar-refractivity contribution is 0.00926. The standard InChI is InChI=1S/C25H29FN4O/c1-4-16-15-28-24(30-23(16)29-20-8-10-22(31)25(2,3)14-20)27-12-11-17-5-6-18-13-19(26)7-9-21(17)18/h1,5,7,9,13,15,20,22,31H,6,8,10-12,14H2,2-3H3,(H2,27,28,29,30)/t20-,22+/m1/s1. The highest BCUT2D eigenvalue weighted by Gasteiger charge is 2.35. The predicted octanol–water partition coefficient (Wildman–Crippen LogP) is 4.39. The maximum absolute atomic E-state index is 13.4. The Balaban J connectivity index is 1.39. The molecule has 2 aromatic rings. The van der Waals surface area contributed by atoms with Crippen LogP contribution in [0.15, 0.2) is 30.5 Å². The van der Waals surface area contributed by atoms with Crippen LogP contribution in [0.25, 0.3) is 5.57 Å². The molecule has 2 aliphatic carbocycles. The molecule has 0 radical (unpaired) electrons. The summed E-state index contributed by atoms with van der Waals surface area (Å²) in [6.07, 6.45) is 13.2. The summed E-state index contributed by atoms with van der Waals surface area (Å²) in [5, 5.41) is 17.0. The first kappa shape index (κ1) is 21.3. The summed E-state index contributed by atoms with van der Waals surface area (Å²) in [6.45, 7) is 4.84. The summed E-state index contributed by atoms with van der Waals surface area (Å²) >= 11 is 0. The topological polar surface area (TPSA) is 70.1 Å². The Morgan fingerprint density at radius 1 is 1.32 bits per heavy atom. The van der Waals surface area contributed by atoms with Crippen LogP contribution >= 0.6 is 0 Å². The maximum Gasteiger partial charge on any atom is 0.224 e. The Hall–Kier alpha value is -2.91. The molecule has 2 aliphatic rings. The smallest absolute Gasteiger partial charge is 0.224 e. The van der Waals surface area contributed by atoms with E-state index in [4.69, 9.17) is 6.42 Å². The van der Waals surface area contributed by atoms with Crippen molar-refractivity contribution in [2.24, 2.45) is 5.41 Å². The van der Waals surface area contributed by atoms with E-state index in [1.807, 2.05) is 6.07 Å². The van der Waals surface area contributed by atoms with Gasteiger partial charge in [-0.15, -0.1) is 6.42 Å². The van der Waals surface area contributed by atoms with E-state index in [0.29, 0.717) is 23.9 Å². The highest BCUT2D eigenvalue weighted by atomic mass is 19.1. The van der Waals surface area contributed by atoms with Gasteiger partial charge < -0.3 is 15.7 Å². The van der Waals surface area contributed by atoms with Gasteiger partial charge in [-0.1, -0.05) is 31.9 Å². The fourth-order valence-electron chi connectivity index (χ4n) is 4.56. The van der Waals surface area contributed by atoms with Crippen molar-refractivity contribution in [3.05, 3.63) is 53.0 Å². The number of hydrogen-bond acceptors (Lipinski definition) is 5. The quantitative estimate of drug-likeness (QED) is 0.605. The Morgan fingerprint density at radius 3 is 2.94 bits per heavy atom. The first-order chi connectivity index (χ1) is 14.9. The minimum Gasteiger partial charge on any atom is -0.393 e. The van der Waals surface area contributed by atoms with Gasteiger partial charge in [0, 0.05) is 12.6 Å². The molecule has 0 bridgehead atoms. The van der Waals surface area contributed by atoms with Gasteiger partial charge in [0.15, 0.2) is 0 Å². The van der Waals surface area contributed by atoms with Gasteiger partial charge in [0.25, 0.3) is 0 Å². The zero-order valence-corrected chi connectivity index (χ0v) is 18.1. The molecule has 0 spiro atoms. The van der Waals surface area contributed by atoms with E-state index in [0.717, 1.165) is 43.2 Å². The summed E-state index contributed by atoms with van der Waals surface area (Å²) in [7, 11) is 0. The molecular weight excluding hydrogens is 391 g/mol. The van der Waals surface area contributed by atoms with Gasteiger partial charge in [0.05, 0.1) is 17.9 Å².